The molecule has 1 saturated heterocycles. The Kier molecular flexibility index (Phi) is 5.58. The van der Waals surface area contributed by atoms with Crippen molar-refractivity contribution in [3.8, 4) is 0 Å². The third-order valence-electron chi connectivity index (χ3n) is 3.95. The highest BCUT2D eigenvalue weighted by atomic mass is 32.2. The molecule has 1 amide bonds. The molecule has 0 atom stereocenters. The van der Waals surface area contributed by atoms with Crippen molar-refractivity contribution in [2.24, 2.45) is 0 Å². The third-order valence-corrected chi connectivity index (χ3v) is 5.25. The molecule has 5 nitrogen and oxygen atoms in total. The van der Waals surface area contributed by atoms with Gasteiger partial charge in [0.05, 0.1) is 6.26 Å². The molecule has 1 aromatic carbocycles. The number of aryl methyl sites for hydroxylation is 1. The number of hydrogen-bond acceptors (Lipinski definition) is 3. The van der Waals surface area contributed by atoms with E-state index in [0.29, 0.717) is 38.2 Å². The third kappa shape index (κ3) is 4.30. The van der Waals surface area contributed by atoms with Crippen molar-refractivity contribution >= 4 is 15.9 Å². The molecule has 0 saturated carbocycles. The monoisotopic (exact) mass is 324 g/mol. The summed E-state index contributed by atoms with van der Waals surface area (Å²) >= 11 is 0. The first-order valence-electron chi connectivity index (χ1n) is 7.75. The molecule has 0 N–H and O–H groups in total. The quantitative estimate of drug-likeness (QED) is 0.848. The van der Waals surface area contributed by atoms with Crippen molar-refractivity contribution < 1.29 is 13.2 Å². The topological polar surface area (TPSA) is 57.7 Å². The molecule has 1 heterocycles. The molecule has 122 valence electrons. The molecule has 1 aromatic rings. The van der Waals surface area contributed by atoms with Gasteiger partial charge < -0.3 is 4.90 Å². The van der Waals surface area contributed by atoms with Crippen molar-refractivity contribution in [1.29, 1.82) is 0 Å². The molecule has 0 spiro atoms. The first-order chi connectivity index (χ1) is 10.4. The van der Waals surface area contributed by atoms with Crippen LogP contribution in [0.4, 0.5) is 0 Å². The minimum absolute atomic E-state index is 0.0154. The van der Waals surface area contributed by atoms with Gasteiger partial charge in [-0.25, -0.2) is 12.7 Å². The highest BCUT2D eigenvalue weighted by molar-refractivity contribution is 7.88. The molecule has 22 heavy (non-hydrogen) atoms. The van der Waals surface area contributed by atoms with Crippen LogP contribution in [0.2, 0.25) is 0 Å². The van der Waals surface area contributed by atoms with E-state index < -0.39 is 10.0 Å². The molecule has 2 rings (SSSR count). The van der Waals surface area contributed by atoms with Gasteiger partial charge in [-0.05, 0) is 30.5 Å². The Morgan fingerprint density at radius 2 is 1.77 bits per heavy atom. The molecular formula is C16H24N2O3S. The fourth-order valence-electron chi connectivity index (χ4n) is 2.71. The SMILES string of the molecule is CCCc1ccc(C(=O)N2CCCN(S(C)(=O)=O)CC2)cc1. The fraction of sp³-hybridized carbons (Fsp3) is 0.562. The van der Waals surface area contributed by atoms with Crippen molar-refractivity contribution in [2.45, 2.75) is 26.2 Å². The first-order valence-corrected chi connectivity index (χ1v) is 9.60. The van der Waals surface area contributed by atoms with E-state index >= 15 is 0 Å². The van der Waals surface area contributed by atoms with Gasteiger partial charge >= 0.3 is 0 Å². The molecule has 0 aromatic heterocycles. The number of benzene rings is 1. The number of rotatable bonds is 4. The zero-order valence-corrected chi connectivity index (χ0v) is 14.1. The molecule has 0 radical (unpaired) electrons. The van der Waals surface area contributed by atoms with Crippen LogP contribution in [0.1, 0.15) is 35.7 Å². The van der Waals surface area contributed by atoms with Crippen molar-refractivity contribution in [2.75, 3.05) is 32.4 Å². The van der Waals surface area contributed by atoms with Gasteiger partial charge in [-0.1, -0.05) is 25.5 Å². The Balaban J connectivity index is 2.03. The van der Waals surface area contributed by atoms with Gasteiger partial charge in [-0.2, -0.15) is 0 Å². The zero-order chi connectivity index (χ0) is 16.2. The Bertz CT molecular complexity index is 611. The Hall–Kier alpha value is -1.40. The number of carbonyl (C=O) groups is 1. The highest BCUT2D eigenvalue weighted by Gasteiger charge is 2.24. The molecule has 0 unspecified atom stereocenters. The number of nitrogens with zero attached hydrogens (tertiary/aromatic N) is 2. The average Bonchev–Trinajstić information content (AvgIpc) is 2.73. The molecular weight excluding hydrogens is 300 g/mol. The van der Waals surface area contributed by atoms with E-state index in [1.54, 1.807) is 4.90 Å². The lowest BCUT2D eigenvalue weighted by Gasteiger charge is -2.21. The van der Waals surface area contributed by atoms with Crippen molar-refractivity contribution in [1.82, 2.24) is 9.21 Å². The summed E-state index contributed by atoms with van der Waals surface area (Å²) in [6.07, 6.45) is 3.99. The lowest BCUT2D eigenvalue weighted by Crippen LogP contribution is -2.36. The molecule has 1 aliphatic heterocycles. The lowest BCUT2D eigenvalue weighted by molar-refractivity contribution is 0.0764. The summed E-state index contributed by atoms with van der Waals surface area (Å²) in [5.74, 6) is -0.0154. The maximum Gasteiger partial charge on any atom is 0.253 e. The molecule has 1 aliphatic rings. The van der Waals surface area contributed by atoms with Crippen LogP contribution in [-0.4, -0.2) is 56.0 Å². The summed E-state index contributed by atoms with van der Waals surface area (Å²) in [5.41, 5.74) is 1.91. The summed E-state index contributed by atoms with van der Waals surface area (Å²) in [6.45, 7) is 4.03. The zero-order valence-electron chi connectivity index (χ0n) is 13.3. The number of carbonyl (C=O) groups excluding carboxylic acids is 1. The smallest absolute Gasteiger partial charge is 0.253 e. The number of hydrogen-bond donors (Lipinski definition) is 0. The van der Waals surface area contributed by atoms with Gasteiger partial charge in [-0.15, -0.1) is 0 Å². The summed E-state index contributed by atoms with van der Waals surface area (Å²) in [6, 6.07) is 7.73. The lowest BCUT2D eigenvalue weighted by atomic mass is 10.1. The Morgan fingerprint density at radius 1 is 1.09 bits per heavy atom. The minimum Gasteiger partial charge on any atom is -0.337 e. The molecule has 1 fully saturated rings. The second-order valence-electron chi connectivity index (χ2n) is 5.75. The van der Waals surface area contributed by atoms with Crippen LogP contribution in [-0.2, 0) is 16.4 Å². The Morgan fingerprint density at radius 3 is 2.36 bits per heavy atom. The Labute approximate surface area is 133 Å². The van der Waals surface area contributed by atoms with Crippen molar-refractivity contribution in [3.63, 3.8) is 0 Å². The summed E-state index contributed by atoms with van der Waals surface area (Å²) in [4.78, 5) is 14.3. The fourth-order valence-corrected chi connectivity index (χ4v) is 3.59. The predicted octanol–water partition coefficient (Wildman–Crippen LogP) is 1.75. The van der Waals surface area contributed by atoms with Gasteiger partial charge in [0, 0.05) is 31.7 Å². The van der Waals surface area contributed by atoms with Crippen LogP contribution in [0, 0.1) is 0 Å². The number of amides is 1. The summed E-state index contributed by atoms with van der Waals surface area (Å²) < 4.78 is 24.7. The van der Waals surface area contributed by atoms with Gasteiger partial charge in [0.15, 0.2) is 0 Å². The second kappa shape index (κ2) is 7.24. The van der Waals surface area contributed by atoms with Gasteiger partial charge in [-0.3, -0.25) is 4.79 Å². The minimum atomic E-state index is -3.18. The first kappa shape index (κ1) is 17.0. The van der Waals surface area contributed by atoms with Gasteiger partial charge in [0.25, 0.3) is 5.91 Å². The maximum absolute atomic E-state index is 12.5. The van der Waals surface area contributed by atoms with E-state index in [0.717, 1.165) is 12.8 Å². The summed E-state index contributed by atoms with van der Waals surface area (Å²) in [7, 11) is -3.18. The van der Waals surface area contributed by atoms with Gasteiger partial charge in [0.1, 0.15) is 0 Å². The van der Waals surface area contributed by atoms with Crippen LogP contribution < -0.4 is 0 Å². The largest absolute Gasteiger partial charge is 0.337 e. The van der Waals surface area contributed by atoms with Gasteiger partial charge in [0.2, 0.25) is 10.0 Å². The van der Waals surface area contributed by atoms with E-state index in [9.17, 15) is 13.2 Å². The molecule has 0 aliphatic carbocycles. The van der Waals surface area contributed by atoms with E-state index in [2.05, 4.69) is 6.92 Å². The van der Waals surface area contributed by atoms with Crippen LogP contribution in [0.25, 0.3) is 0 Å². The average molecular weight is 324 g/mol. The summed E-state index contributed by atoms with van der Waals surface area (Å²) in [5, 5.41) is 0. The second-order valence-corrected chi connectivity index (χ2v) is 7.74. The normalized spacial score (nSPS) is 17.3. The van der Waals surface area contributed by atoms with Crippen LogP contribution in [0.5, 0.6) is 0 Å². The maximum atomic E-state index is 12.5. The van der Waals surface area contributed by atoms with Crippen LogP contribution in [0.3, 0.4) is 0 Å². The van der Waals surface area contributed by atoms with E-state index in [4.69, 9.17) is 0 Å². The number of sulfonamides is 1. The van der Waals surface area contributed by atoms with E-state index in [-0.39, 0.29) is 5.91 Å². The predicted molar refractivity (Wildman–Crippen MR) is 87.4 cm³/mol. The molecule has 0 bridgehead atoms. The standard InChI is InChI=1S/C16H24N2O3S/c1-3-5-14-6-8-15(9-7-14)16(19)17-10-4-11-18(13-12-17)22(2,20)21/h6-9H,3-5,10-13H2,1-2H3. The molecule has 6 heteroatoms. The van der Waals surface area contributed by atoms with Crippen LogP contribution in [0.15, 0.2) is 24.3 Å². The van der Waals surface area contributed by atoms with E-state index in [1.807, 2.05) is 24.3 Å². The van der Waals surface area contributed by atoms with Crippen molar-refractivity contribution in [3.05, 3.63) is 35.4 Å². The van der Waals surface area contributed by atoms with E-state index in [1.165, 1.54) is 16.1 Å². The van der Waals surface area contributed by atoms with Crippen LogP contribution >= 0.6 is 0 Å². The highest BCUT2D eigenvalue weighted by Crippen LogP contribution is 2.13.